The average molecular weight is 246 g/mol. The fourth-order valence-electron chi connectivity index (χ4n) is 3.10. The Morgan fingerprint density at radius 1 is 1.67 bits per heavy atom. The highest BCUT2D eigenvalue weighted by molar-refractivity contribution is 5.83. The molecule has 2 aliphatic rings. The van der Waals surface area contributed by atoms with Gasteiger partial charge in [0.15, 0.2) is 0 Å². The van der Waals surface area contributed by atoms with Crippen LogP contribution in [-0.4, -0.2) is 23.9 Å². The van der Waals surface area contributed by atoms with Crippen LogP contribution in [0.3, 0.4) is 0 Å². The van der Waals surface area contributed by atoms with E-state index in [0.717, 1.165) is 38.6 Å². The van der Waals surface area contributed by atoms with Crippen LogP contribution < -0.4 is 0 Å². The Balaban J connectivity index is 2.02. The van der Waals surface area contributed by atoms with E-state index in [4.69, 9.17) is 5.26 Å². The van der Waals surface area contributed by atoms with Crippen LogP contribution in [0, 0.1) is 22.7 Å². The fraction of sp³-hybridized carbons (Fsp3) is 0.733. The maximum absolute atomic E-state index is 12.6. The van der Waals surface area contributed by atoms with Gasteiger partial charge in [0.1, 0.15) is 0 Å². The van der Waals surface area contributed by atoms with E-state index in [-0.39, 0.29) is 17.2 Å². The van der Waals surface area contributed by atoms with E-state index < -0.39 is 0 Å². The number of carbonyl (C=O) groups is 1. The Labute approximate surface area is 109 Å². The van der Waals surface area contributed by atoms with E-state index in [1.807, 2.05) is 4.90 Å². The molecule has 0 N–H and O–H groups in total. The molecule has 0 radical (unpaired) electrons. The maximum atomic E-state index is 12.6. The van der Waals surface area contributed by atoms with Gasteiger partial charge >= 0.3 is 0 Å². The number of amides is 1. The number of nitriles is 1. The molecule has 0 spiro atoms. The first-order valence-electron chi connectivity index (χ1n) is 6.96. The van der Waals surface area contributed by atoms with Gasteiger partial charge in [-0.3, -0.25) is 4.79 Å². The van der Waals surface area contributed by atoms with Gasteiger partial charge in [0.2, 0.25) is 5.91 Å². The van der Waals surface area contributed by atoms with Crippen molar-refractivity contribution in [2.24, 2.45) is 11.3 Å². The predicted molar refractivity (Wildman–Crippen MR) is 70.6 cm³/mol. The molecular formula is C15H22N2O. The third-order valence-corrected chi connectivity index (χ3v) is 4.32. The largest absolute Gasteiger partial charge is 0.341 e. The van der Waals surface area contributed by atoms with Gasteiger partial charge < -0.3 is 4.90 Å². The number of carbonyl (C=O) groups excluding carboxylic acids is 1. The molecule has 1 aliphatic heterocycles. The molecule has 1 fully saturated rings. The molecule has 2 unspecified atom stereocenters. The molecule has 2 rings (SSSR count). The molecule has 3 heteroatoms. The SMILES string of the molecule is CCC1=CCC(C)(C(=O)N2CCCC(C#N)C2)C1. The number of allylic oxidation sites excluding steroid dienone is 2. The number of nitrogens with zero attached hydrogens (tertiary/aromatic N) is 2. The minimum atomic E-state index is -0.247. The van der Waals surface area contributed by atoms with Crippen LogP contribution in [0.2, 0.25) is 0 Å². The number of piperidine rings is 1. The van der Waals surface area contributed by atoms with Crippen LogP contribution in [0.5, 0.6) is 0 Å². The highest BCUT2D eigenvalue weighted by Gasteiger charge is 2.40. The normalized spacial score (nSPS) is 31.9. The topological polar surface area (TPSA) is 44.1 Å². The lowest BCUT2D eigenvalue weighted by Crippen LogP contribution is -2.46. The quantitative estimate of drug-likeness (QED) is 0.703. The highest BCUT2D eigenvalue weighted by Crippen LogP contribution is 2.40. The summed E-state index contributed by atoms with van der Waals surface area (Å²) in [7, 11) is 0. The van der Waals surface area contributed by atoms with Crippen molar-refractivity contribution in [3.05, 3.63) is 11.6 Å². The zero-order chi connectivity index (χ0) is 13.2. The van der Waals surface area contributed by atoms with Crippen LogP contribution in [-0.2, 0) is 4.79 Å². The predicted octanol–water partition coefficient (Wildman–Crippen LogP) is 2.89. The van der Waals surface area contributed by atoms with E-state index in [1.54, 1.807) is 0 Å². The Hall–Kier alpha value is -1.30. The molecule has 0 aromatic carbocycles. The lowest BCUT2D eigenvalue weighted by molar-refractivity contribution is -0.142. The van der Waals surface area contributed by atoms with Crippen molar-refractivity contribution in [3.63, 3.8) is 0 Å². The van der Waals surface area contributed by atoms with E-state index in [2.05, 4.69) is 26.0 Å². The molecule has 1 heterocycles. The average Bonchev–Trinajstić information content (AvgIpc) is 2.81. The van der Waals surface area contributed by atoms with Gasteiger partial charge in [-0.15, -0.1) is 0 Å². The molecule has 0 aromatic rings. The number of rotatable bonds is 2. The third-order valence-electron chi connectivity index (χ3n) is 4.32. The van der Waals surface area contributed by atoms with Gasteiger partial charge in [0, 0.05) is 13.1 Å². The van der Waals surface area contributed by atoms with Crippen molar-refractivity contribution < 1.29 is 4.79 Å². The Bertz CT molecular complexity index is 407. The molecular weight excluding hydrogens is 224 g/mol. The maximum Gasteiger partial charge on any atom is 0.229 e. The van der Waals surface area contributed by atoms with E-state index >= 15 is 0 Å². The minimum Gasteiger partial charge on any atom is -0.341 e. The summed E-state index contributed by atoms with van der Waals surface area (Å²) in [5.41, 5.74) is 1.16. The Morgan fingerprint density at radius 2 is 2.44 bits per heavy atom. The van der Waals surface area contributed by atoms with Gasteiger partial charge in [-0.05, 0) is 32.1 Å². The van der Waals surface area contributed by atoms with Crippen molar-refractivity contribution in [1.29, 1.82) is 5.26 Å². The third kappa shape index (κ3) is 2.43. The fourth-order valence-corrected chi connectivity index (χ4v) is 3.10. The summed E-state index contributed by atoms with van der Waals surface area (Å²) in [4.78, 5) is 14.5. The second kappa shape index (κ2) is 5.14. The smallest absolute Gasteiger partial charge is 0.229 e. The number of hydrogen-bond donors (Lipinski definition) is 0. The number of likely N-dealkylation sites (tertiary alicyclic amines) is 1. The molecule has 3 nitrogen and oxygen atoms in total. The zero-order valence-electron chi connectivity index (χ0n) is 11.4. The van der Waals surface area contributed by atoms with Crippen molar-refractivity contribution >= 4 is 5.91 Å². The molecule has 1 amide bonds. The van der Waals surface area contributed by atoms with Crippen LogP contribution in [0.15, 0.2) is 11.6 Å². The van der Waals surface area contributed by atoms with E-state index in [9.17, 15) is 4.79 Å². The highest BCUT2D eigenvalue weighted by atomic mass is 16.2. The summed E-state index contributed by atoms with van der Waals surface area (Å²) < 4.78 is 0. The zero-order valence-corrected chi connectivity index (χ0v) is 11.4. The van der Waals surface area contributed by atoms with E-state index in [1.165, 1.54) is 5.57 Å². The summed E-state index contributed by atoms with van der Waals surface area (Å²) in [6.45, 7) is 5.68. The summed E-state index contributed by atoms with van der Waals surface area (Å²) in [5, 5.41) is 9.00. The molecule has 0 bridgehead atoms. The van der Waals surface area contributed by atoms with Gasteiger partial charge in [-0.1, -0.05) is 25.5 Å². The number of hydrogen-bond acceptors (Lipinski definition) is 2. The molecule has 1 saturated heterocycles. The van der Waals surface area contributed by atoms with Gasteiger partial charge in [0.05, 0.1) is 17.4 Å². The first-order valence-corrected chi connectivity index (χ1v) is 6.96. The summed E-state index contributed by atoms with van der Waals surface area (Å²) >= 11 is 0. The van der Waals surface area contributed by atoms with Crippen molar-refractivity contribution in [1.82, 2.24) is 4.90 Å². The standard InChI is InChI=1S/C15H22N2O/c1-3-12-6-7-15(2,9-12)14(18)17-8-4-5-13(10-16)11-17/h6,13H,3-5,7-9,11H2,1-2H3. The lowest BCUT2D eigenvalue weighted by atomic mass is 9.83. The summed E-state index contributed by atoms with van der Waals surface area (Å²) in [6.07, 6.45) is 6.94. The molecule has 18 heavy (non-hydrogen) atoms. The first-order chi connectivity index (χ1) is 8.59. The second-order valence-electron chi connectivity index (χ2n) is 5.88. The summed E-state index contributed by atoms with van der Waals surface area (Å²) in [6, 6.07) is 2.30. The lowest BCUT2D eigenvalue weighted by Gasteiger charge is -2.36. The molecule has 2 atom stereocenters. The Kier molecular flexibility index (Phi) is 3.75. The van der Waals surface area contributed by atoms with Crippen molar-refractivity contribution in [2.75, 3.05) is 13.1 Å². The first kappa shape index (κ1) is 13.1. The minimum absolute atomic E-state index is 0.0336. The van der Waals surface area contributed by atoms with Crippen LogP contribution >= 0.6 is 0 Å². The monoisotopic (exact) mass is 246 g/mol. The molecule has 0 saturated carbocycles. The summed E-state index contributed by atoms with van der Waals surface area (Å²) in [5.74, 6) is 0.286. The molecule has 0 aromatic heterocycles. The van der Waals surface area contributed by atoms with Crippen LogP contribution in [0.1, 0.15) is 46.0 Å². The van der Waals surface area contributed by atoms with Gasteiger partial charge in [-0.25, -0.2) is 0 Å². The molecule has 98 valence electrons. The second-order valence-corrected chi connectivity index (χ2v) is 5.88. The van der Waals surface area contributed by atoms with Gasteiger partial charge in [-0.2, -0.15) is 5.26 Å². The van der Waals surface area contributed by atoms with Crippen molar-refractivity contribution in [3.8, 4) is 6.07 Å². The molecule has 1 aliphatic carbocycles. The van der Waals surface area contributed by atoms with Crippen LogP contribution in [0.25, 0.3) is 0 Å². The van der Waals surface area contributed by atoms with E-state index in [0.29, 0.717) is 6.54 Å². The van der Waals surface area contributed by atoms with Crippen LogP contribution in [0.4, 0.5) is 0 Å². The van der Waals surface area contributed by atoms with Gasteiger partial charge in [0.25, 0.3) is 0 Å². The Morgan fingerprint density at radius 3 is 3.06 bits per heavy atom. The van der Waals surface area contributed by atoms with Crippen molar-refractivity contribution in [2.45, 2.75) is 46.0 Å².